The van der Waals surface area contributed by atoms with Crippen LogP contribution in [0.25, 0.3) is 10.9 Å². The smallest absolute Gasteiger partial charge is 0.224 e. The lowest BCUT2D eigenvalue weighted by Gasteiger charge is -2.11. The third kappa shape index (κ3) is 3.92. The molecule has 0 radical (unpaired) electrons. The third-order valence-corrected chi connectivity index (χ3v) is 4.37. The number of aryl methyl sites for hydroxylation is 1. The number of benzene rings is 1. The SMILES string of the molecule is CCn1cc(CC(=O)NCc2nccn2CC(C)C)c2ccccc21. The first-order valence-corrected chi connectivity index (χ1v) is 8.92. The minimum absolute atomic E-state index is 0.0260. The first kappa shape index (κ1) is 17.3. The zero-order valence-corrected chi connectivity index (χ0v) is 15.2. The monoisotopic (exact) mass is 338 g/mol. The van der Waals surface area contributed by atoms with Crippen LogP contribution in [0.2, 0.25) is 0 Å². The van der Waals surface area contributed by atoms with Gasteiger partial charge in [-0.15, -0.1) is 0 Å². The number of hydrogen-bond donors (Lipinski definition) is 1. The molecule has 3 aromatic rings. The number of nitrogens with one attached hydrogen (secondary N) is 1. The normalized spacial score (nSPS) is 11.4. The van der Waals surface area contributed by atoms with Crippen LogP contribution in [0.1, 0.15) is 32.2 Å². The van der Waals surface area contributed by atoms with E-state index in [9.17, 15) is 4.79 Å². The van der Waals surface area contributed by atoms with Crippen molar-refractivity contribution >= 4 is 16.8 Å². The lowest BCUT2D eigenvalue weighted by Crippen LogP contribution is -2.26. The van der Waals surface area contributed by atoms with Crippen molar-refractivity contribution in [3.63, 3.8) is 0 Å². The molecule has 0 atom stereocenters. The average Bonchev–Trinajstić information content (AvgIpc) is 3.17. The van der Waals surface area contributed by atoms with Gasteiger partial charge in [0, 0.05) is 42.6 Å². The van der Waals surface area contributed by atoms with Crippen molar-refractivity contribution in [2.45, 2.75) is 46.8 Å². The van der Waals surface area contributed by atoms with E-state index in [0.29, 0.717) is 18.9 Å². The molecule has 1 aromatic carbocycles. The largest absolute Gasteiger partial charge is 0.349 e. The Morgan fingerprint density at radius 3 is 2.80 bits per heavy atom. The van der Waals surface area contributed by atoms with Crippen LogP contribution >= 0.6 is 0 Å². The molecule has 5 nitrogen and oxygen atoms in total. The zero-order chi connectivity index (χ0) is 17.8. The van der Waals surface area contributed by atoms with Crippen LogP contribution in [0, 0.1) is 5.92 Å². The van der Waals surface area contributed by atoms with E-state index in [1.54, 1.807) is 6.20 Å². The summed E-state index contributed by atoms with van der Waals surface area (Å²) in [5.41, 5.74) is 2.25. The molecule has 3 rings (SSSR count). The van der Waals surface area contributed by atoms with E-state index in [2.05, 4.69) is 58.5 Å². The molecule has 2 heterocycles. The molecule has 0 fully saturated rings. The summed E-state index contributed by atoms with van der Waals surface area (Å²) >= 11 is 0. The number of fused-ring (bicyclic) bond motifs is 1. The highest BCUT2D eigenvalue weighted by molar-refractivity contribution is 5.89. The van der Waals surface area contributed by atoms with Crippen LogP contribution in [0.3, 0.4) is 0 Å². The first-order valence-electron chi connectivity index (χ1n) is 8.92. The van der Waals surface area contributed by atoms with Gasteiger partial charge in [-0.25, -0.2) is 4.98 Å². The summed E-state index contributed by atoms with van der Waals surface area (Å²) in [4.78, 5) is 16.8. The number of rotatable bonds is 7. The molecule has 0 aliphatic heterocycles. The Hall–Kier alpha value is -2.56. The second-order valence-corrected chi connectivity index (χ2v) is 6.80. The number of para-hydroxylation sites is 1. The van der Waals surface area contributed by atoms with Gasteiger partial charge in [-0.2, -0.15) is 0 Å². The fourth-order valence-corrected chi connectivity index (χ4v) is 3.21. The van der Waals surface area contributed by atoms with Crippen LogP contribution in [0.4, 0.5) is 0 Å². The lowest BCUT2D eigenvalue weighted by atomic mass is 10.1. The molecule has 0 saturated carbocycles. The summed E-state index contributed by atoms with van der Waals surface area (Å²) in [5.74, 6) is 1.47. The van der Waals surface area contributed by atoms with E-state index in [1.165, 1.54) is 5.52 Å². The topological polar surface area (TPSA) is 51.9 Å². The van der Waals surface area contributed by atoms with Crippen molar-refractivity contribution in [2.75, 3.05) is 0 Å². The van der Waals surface area contributed by atoms with Gasteiger partial charge in [0.25, 0.3) is 0 Å². The fraction of sp³-hybridized carbons (Fsp3) is 0.400. The summed E-state index contributed by atoms with van der Waals surface area (Å²) in [6.45, 7) is 8.73. The molecular formula is C20H26N4O. The number of aromatic nitrogens is 3. The molecule has 0 aliphatic rings. The molecule has 1 N–H and O–H groups in total. The van der Waals surface area contributed by atoms with Gasteiger partial charge < -0.3 is 14.5 Å². The highest BCUT2D eigenvalue weighted by Gasteiger charge is 2.12. The molecule has 2 aromatic heterocycles. The lowest BCUT2D eigenvalue weighted by molar-refractivity contribution is -0.120. The summed E-state index contributed by atoms with van der Waals surface area (Å²) in [7, 11) is 0. The molecule has 0 unspecified atom stereocenters. The molecule has 0 bridgehead atoms. The Bertz CT molecular complexity index is 860. The van der Waals surface area contributed by atoms with E-state index < -0.39 is 0 Å². The maximum atomic E-state index is 12.4. The van der Waals surface area contributed by atoms with Crippen molar-refractivity contribution in [3.8, 4) is 0 Å². The maximum absolute atomic E-state index is 12.4. The molecule has 0 saturated heterocycles. The van der Waals surface area contributed by atoms with E-state index in [-0.39, 0.29) is 5.91 Å². The van der Waals surface area contributed by atoms with Crippen molar-refractivity contribution in [2.24, 2.45) is 5.92 Å². The fourth-order valence-electron chi connectivity index (χ4n) is 3.21. The highest BCUT2D eigenvalue weighted by Crippen LogP contribution is 2.21. The van der Waals surface area contributed by atoms with E-state index in [4.69, 9.17) is 0 Å². The van der Waals surface area contributed by atoms with E-state index >= 15 is 0 Å². The van der Waals surface area contributed by atoms with E-state index in [0.717, 1.165) is 29.9 Å². The summed E-state index contributed by atoms with van der Waals surface area (Å²) in [6.07, 6.45) is 6.23. The molecule has 5 heteroatoms. The van der Waals surface area contributed by atoms with Crippen molar-refractivity contribution < 1.29 is 4.79 Å². The predicted octanol–water partition coefficient (Wildman–Crippen LogP) is 3.37. The molecule has 1 amide bonds. The van der Waals surface area contributed by atoms with Gasteiger partial charge in [-0.05, 0) is 24.5 Å². The van der Waals surface area contributed by atoms with Gasteiger partial charge in [0.05, 0.1) is 13.0 Å². The third-order valence-electron chi connectivity index (χ3n) is 4.37. The van der Waals surface area contributed by atoms with Crippen LogP contribution in [-0.4, -0.2) is 20.0 Å². The Morgan fingerprint density at radius 2 is 2.04 bits per heavy atom. The van der Waals surface area contributed by atoms with Gasteiger partial charge >= 0.3 is 0 Å². The number of carbonyl (C=O) groups is 1. The number of imidazole rings is 1. The molecule has 0 spiro atoms. The highest BCUT2D eigenvalue weighted by atomic mass is 16.1. The maximum Gasteiger partial charge on any atom is 0.224 e. The van der Waals surface area contributed by atoms with Gasteiger partial charge in [-0.1, -0.05) is 32.0 Å². The van der Waals surface area contributed by atoms with Crippen LogP contribution in [0.15, 0.2) is 42.9 Å². The van der Waals surface area contributed by atoms with Crippen LogP contribution in [-0.2, 0) is 30.8 Å². The predicted molar refractivity (Wildman–Crippen MR) is 100 cm³/mol. The quantitative estimate of drug-likeness (QED) is 0.718. The summed E-state index contributed by atoms with van der Waals surface area (Å²) < 4.78 is 4.29. The first-order chi connectivity index (χ1) is 12.1. The summed E-state index contributed by atoms with van der Waals surface area (Å²) in [6, 6.07) is 8.24. The molecule has 0 aliphatic carbocycles. The Morgan fingerprint density at radius 1 is 1.24 bits per heavy atom. The van der Waals surface area contributed by atoms with Gasteiger partial charge in [0.1, 0.15) is 5.82 Å². The van der Waals surface area contributed by atoms with Gasteiger partial charge in [0.2, 0.25) is 5.91 Å². The Kier molecular flexibility index (Phi) is 5.22. The Labute approximate surface area is 148 Å². The summed E-state index contributed by atoms with van der Waals surface area (Å²) in [5, 5.41) is 4.16. The second-order valence-electron chi connectivity index (χ2n) is 6.80. The Balaban J connectivity index is 1.67. The average molecular weight is 338 g/mol. The number of carbonyl (C=O) groups excluding carboxylic acids is 1. The standard InChI is InChI=1S/C20H26N4O/c1-4-23-14-16(17-7-5-6-8-18(17)23)11-20(25)22-12-19-21-9-10-24(19)13-15(2)3/h5-10,14-15H,4,11-13H2,1-3H3,(H,22,25). The zero-order valence-electron chi connectivity index (χ0n) is 15.2. The second kappa shape index (κ2) is 7.55. The minimum Gasteiger partial charge on any atom is -0.349 e. The molecule has 132 valence electrons. The number of nitrogens with zero attached hydrogens (tertiary/aromatic N) is 3. The molecule has 25 heavy (non-hydrogen) atoms. The van der Waals surface area contributed by atoms with Crippen molar-refractivity contribution in [3.05, 3.63) is 54.2 Å². The minimum atomic E-state index is 0.0260. The van der Waals surface area contributed by atoms with Gasteiger partial charge in [0.15, 0.2) is 0 Å². The van der Waals surface area contributed by atoms with Gasteiger partial charge in [-0.3, -0.25) is 4.79 Å². The number of hydrogen-bond acceptors (Lipinski definition) is 2. The van der Waals surface area contributed by atoms with Crippen LogP contribution in [0.5, 0.6) is 0 Å². The van der Waals surface area contributed by atoms with Crippen molar-refractivity contribution in [1.82, 2.24) is 19.4 Å². The van der Waals surface area contributed by atoms with Crippen molar-refractivity contribution in [1.29, 1.82) is 0 Å². The number of amides is 1. The van der Waals surface area contributed by atoms with E-state index in [1.807, 2.05) is 18.3 Å². The van der Waals surface area contributed by atoms with Crippen LogP contribution < -0.4 is 5.32 Å². The molecular weight excluding hydrogens is 312 g/mol.